The van der Waals surface area contributed by atoms with E-state index >= 15 is 0 Å². The third-order valence-corrected chi connectivity index (χ3v) is 4.51. The van der Waals surface area contributed by atoms with Crippen molar-refractivity contribution in [2.24, 2.45) is 0 Å². The van der Waals surface area contributed by atoms with Crippen LogP contribution < -0.4 is 0 Å². The van der Waals surface area contributed by atoms with E-state index in [-0.39, 0.29) is 0 Å². The summed E-state index contributed by atoms with van der Waals surface area (Å²) in [6.07, 6.45) is 0. The number of nitrogens with zero attached hydrogens (tertiary/aromatic N) is 4. The highest BCUT2D eigenvalue weighted by Gasteiger charge is 2.15. The summed E-state index contributed by atoms with van der Waals surface area (Å²) in [6, 6.07) is 22.6. The molecule has 0 unspecified atom stereocenters. The van der Waals surface area contributed by atoms with Crippen molar-refractivity contribution >= 4 is 5.65 Å². The SMILES string of the molecule is Cc1nn2c(-c3ccccc3)cc(-c3ccccc3)nc2c1C#CCN(C)C. The molecular formula is C24H22N4. The number of aromatic nitrogens is 3. The van der Waals surface area contributed by atoms with Crippen LogP contribution >= 0.6 is 0 Å². The lowest BCUT2D eigenvalue weighted by Crippen LogP contribution is -2.10. The lowest BCUT2D eigenvalue weighted by molar-refractivity contribution is 0.464. The maximum absolute atomic E-state index is 4.93. The summed E-state index contributed by atoms with van der Waals surface area (Å²) >= 11 is 0. The van der Waals surface area contributed by atoms with E-state index in [0.29, 0.717) is 6.54 Å². The first kappa shape index (κ1) is 18.0. The van der Waals surface area contributed by atoms with Gasteiger partial charge in [-0.25, -0.2) is 9.50 Å². The Morgan fingerprint density at radius 3 is 2.21 bits per heavy atom. The van der Waals surface area contributed by atoms with Gasteiger partial charge in [-0.05, 0) is 27.1 Å². The van der Waals surface area contributed by atoms with E-state index in [1.165, 1.54) is 0 Å². The van der Waals surface area contributed by atoms with Gasteiger partial charge >= 0.3 is 0 Å². The van der Waals surface area contributed by atoms with Gasteiger partial charge in [0.1, 0.15) is 0 Å². The number of fused-ring (bicyclic) bond motifs is 1. The standard InChI is InChI=1S/C24H22N4/c1-18-21(15-10-16-27(2)3)24-25-22(19-11-6-4-7-12-19)17-23(28(24)26-18)20-13-8-5-9-14-20/h4-9,11-14,17H,16H2,1-3H3. The van der Waals surface area contributed by atoms with Gasteiger partial charge in [0.2, 0.25) is 0 Å². The van der Waals surface area contributed by atoms with E-state index in [1.54, 1.807) is 0 Å². The van der Waals surface area contributed by atoms with Crippen molar-refractivity contribution < 1.29 is 0 Å². The topological polar surface area (TPSA) is 33.4 Å². The number of rotatable bonds is 3. The van der Waals surface area contributed by atoms with Crippen molar-refractivity contribution in [2.75, 3.05) is 20.6 Å². The molecule has 2 heterocycles. The summed E-state index contributed by atoms with van der Waals surface area (Å²) in [4.78, 5) is 6.98. The van der Waals surface area contributed by atoms with E-state index in [2.05, 4.69) is 42.2 Å². The van der Waals surface area contributed by atoms with Crippen LogP contribution in [0.25, 0.3) is 28.2 Å². The first-order valence-electron chi connectivity index (χ1n) is 9.28. The van der Waals surface area contributed by atoms with Crippen LogP contribution in [0.1, 0.15) is 11.3 Å². The van der Waals surface area contributed by atoms with Gasteiger partial charge in [-0.15, -0.1) is 0 Å². The Balaban J connectivity index is 1.98. The second kappa shape index (κ2) is 7.67. The average Bonchev–Trinajstić information content (AvgIpc) is 3.04. The zero-order valence-electron chi connectivity index (χ0n) is 16.3. The number of hydrogen-bond donors (Lipinski definition) is 0. The van der Waals surface area contributed by atoms with E-state index in [0.717, 1.165) is 39.4 Å². The zero-order chi connectivity index (χ0) is 19.5. The second-order valence-electron chi connectivity index (χ2n) is 6.99. The summed E-state index contributed by atoms with van der Waals surface area (Å²) in [5.41, 5.74) is 6.67. The highest BCUT2D eigenvalue weighted by atomic mass is 15.3. The van der Waals surface area contributed by atoms with Crippen molar-refractivity contribution in [3.05, 3.63) is 78.0 Å². The lowest BCUT2D eigenvalue weighted by Gasteiger charge is -2.09. The molecule has 4 aromatic rings. The van der Waals surface area contributed by atoms with Gasteiger partial charge in [-0.3, -0.25) is 4.90 Å². The maximum atomic E-state index is 4.93. The van der Waals surface area contributed by atoms with Crippen LogP contribution in [0, 0.1) is 18.8 Å². The Bertz CT molecular complexity index is 1160. The van der Waals surface area contributed by atoms with Gasteiger partial charge in [0.05, 0.1) is 29.2 Å². The number of benzene rings is 2. The molecule has 0 N–H and O–H groups in total. The molecule has 0 fully saturated rings. The first-order valence-corrected chi connectivity index (χ1v) is 9.28. The van der Waals surface area contributed by atoms with Gasteiger partial charge in [0, 0.05) is 11.1 Å². The molecule has 4 rings (SSSR count). The van der Waals surface area contributed by atoms with Crippen LogP contribution in [-0.2, 0) is 0 Å². The van der Waals surface area contributed by atoms with Crippen molar-refractivity contribution in [3.63, 3.8) is 0 Å². The Morgan fingerprint density at radius 2 is 1.57 bits per heavy atom. The molecule has 0 amide bonds. The zero-order valence-corrected chi connectivity index (χ0v) is 16.3. The highest BCUT2D eigenvalue weighted by molar-refractivity contribution is 5.74. The molecule has 2 aromatic carbocycles. The molecular weight excluding hydrogens is 344 g/mol. The summed E-state index contributed by atoms with van der Waals surface area (Å²) in [7, 11) is 4.02. The predicted octanol–water partition coefficient (Wildman–Crippen LogP) is 4.28. The molecule has 4 nitrogen and oxygen atoms in total. The van der Waals surface area contributed by atoms with Gasteiger partial charge in [0.15, 0.2) is 5.65 Å². The fourth-order valence-electron chi connectivity index (χ4n) is 3.13. The largest absolute Gasteiger partial charge is 0.299 e. The van der Waals surface area contributed by atoms with Crippen LogP contribution in [-0.4, -0.2) is 40.1 Å². The summed E-state index contributed by atoms with van der Waals surface area (Å²) in [5, 5.41) is 4.76. The molecule has 0 spiro atoms. The molecule has 4 heteroatoms. The minimum absolute atomic E-state index is 0.695. The first-order chi connectivity index (χ1) is 13.6. The number of hydrogen-bond acceptors (Lipinski definition) is 3. The normalized spacial score (nSPS) is 10.9. The van der Waals surface area contributed by atoms with Gasteiger partial charge < -0.3 is 0 Å². The van der Waals surface area contributed by atoms with Crippen molar-refractivity contribution in [3.8, 4) is 34.4 Å². The Labute approximate surface area is 165 Å². The van der Waals surface area contributed by atoms with Crippen molar-refractivity contribution in [2.45, 2.75) is 6.92 Å². The minimum atomic E-state index is 0.695. The fraction of sp³-hybridized carbons (Fsp3) is 0.167. The smallest absolute Gasteiger partial charge is 0.172 e. The van der Waals surface area contributed by atoms with Gasteiger partial charge in [-0.2, -0.15) is 5.10 Å². The summed E-state index contributed by atoms with van der Waals surface area (Å²) in [5.74, 6) is 6.51. The van der Waals surface area contributed by atoms with E-state index in [4.69, 9.17) is 10.1 Å². The quantitative estimate of drug-likeness (QED) is 0.507. The van der Waals surface area contributed by atoms with Crippen molar-refractivity contribution in [1.29, 1.82) is 0 Å². The molecule has 0 radical (unpaired) electrons. The Morgan fingerprint density at radius 1 is 0.929 bits per heavy atom. The second-order valence-corrected chi connectivity index (χ2v) is 6.99. The van der Waals surface area contributed by atoms with E-state index in [1.807, 2.05) is 66.8 Å². The highest BCUT2D eigenvalue weighted by Crippen LogP contribution is 2.28. The van der Waals surface area contributed by atoms with Crippen molar-refractivity contribution in [1.82, 2.24) is 19.5 Å². The Kier molecular flexibility index (Phi) is 4.92. The molecule has 0 atom stereocenters. The van der Waals surface area contributed by atoms with Crippen LogP contribution in [0.4, 0.5) is 0 Å². The van der Waals surface area contributed by atoms with Gasteiger partial charge in [0.25, 0.3) is 0 Å². The molecule has 0 saturated carbocycles. The van der Waals surface area contributed by atoms with Crippen LogP contribution in [0.2, 0.25) is 0 Å². The predicted molar refractivity (Wildman–Crippen MR) is 114 cm³/mol. The third kappa shape index (κ3) is 3.53. The molecule has 2 aromatic heterocycles. The third-order valence-electron chi connectivity index (χ3n) is 4.51. The Hall–Kier alpha value is -3.42. The molecule has 0 bridgehead atoms. The molecule has 0 saturated heterocycles. The fourth-order valence-corrected chi connectivity index (χ4v) is 3.13. The van der Waals surface area contributed by atoms with Crippen LogP contribution in [0.15, 0.2) is 66.7 Å². The molecule has 138 valence electrons. The van der Waals surface area contributed by atoms with Gasteiger partial charge in [-0.1, -0.05) is 72.5 Å². The monoisotopic (exact) mass is 366 g/mol. The number of aryl methyl sites for hydroxylation is 1. The molecule has 0 aliphatic rings. The summed E-state index contributed by atoms with van der Waals surface area (Å²) in [6.45, 7) is 2.69. The maximum Gasteiger partial charge on any atom is 0.172 e. The van der Waals surface area contributed by atoms with E-state index < -0.39 is 0 Å². The lowest BCUT2D eigenvalue weighted by atomic mass is 10.1. The minimum Gasteiger partial charge on any atom is -0.299 e. The molecule has 0 aliphatic carbocycles. The van der Waals surface area contributed by atoms with E-state index in [9.17, 15) is 0 Å². The summed E-state index contributed by atoms with van der Waals surface area (Å²) < 4.78 is 1.91. The molecule has 0 aliphatic heterocycles. The van der Waals surface area contributed by atoms with Crippen LogP contribution in [0.3, 0.4) is 0 Å². The average molecular weight is 366 g/mol. The molecule has 28 heavy (non-hydrogen) atoms. The van der Waals surface area contributed by atoms with Crippen LogP contribution in [0.5, 0.6) is 0 Å².